The molecule has 0 aromatic heterocycles. The van der Waals surface area contributed by atoms with Gasteiger partial charge in [0.15, 0.2) is 0 Å². The van der Waals surface area contributed by atoms with E-state index in [2.05, 4.69) is 47.0 Å². The second kappa shape index (κ2) is 9.00. The second-order valence-corrected chi connectivity index (χ2v) is 12.2. The van der Waals surface area contributed by atoms with Gasteiger partial charge in [0.05, 0.1) is 15.3 Å². The fourth-order valence-electron chi connectivity index (χ4n) is 3.66. The van der Waals surface area contributed by atoms with Crippen LogP contribution in [0.5, 0.6) is 0 Å². The van der Waals surface area contributed by atoms with Crippen LogP contribution in [0.4, 0.5) is 0 Å². The van der Waals surface area contributed by atoms with E-state index in [4.69, 9.17) is 0 Å². The summed E-state index contributed by atoms with van der Waals surface area (Å²) >= 11 is 8.55. The molecule has 0 spiro atoms. The van der Waals surface area contributed by atoms with Crippen molar-refractivity contribution in [1.29, 1.82) is 0 Å². The van der Waals surface area contributed by atoms with Gasteiger partial charge in [0.1, 0.15) is 0 Å². The van der Waals surface area contributed by atoms with Gasteiger partial charge in [0.25, 0.3) is 0 Å². The van der Waals surface area contributed by atoms with Crippen molar-refractivity contribution >= 4 is 47.0 Å². The molecule has 3 rings (SSSR count). The number of hydrogen-bond acceptors (Lipinski definition) is 5. The second-order valence-electron chi connectivity index (χ2n) is 6.48. The van der Waals surface area contributed by atoms with Crippen molar-refractivity contribution in [3.63, 3.8) is 0 Å². The van der Waals surface area contributed by atoms with E-state index < -0.39 is 0 Å². The fraction of sp³-hybridized carbons (Fsp3) is 1.00. The molecular formula is C16H28OS4. The monoisotopic (exact) mass is 364 g/mol. The van der Waals surface area contributed by atoms with E-state index in [9.17, 15) is 5.11 Å². The summed E-state index contributed by atoms with van der Waals surface area (Å²) in [6.45, 7) is 0. The summed E-state index contributed by atoms with van der Waals surface area (Å²) in [6, 6.07) is 0. The van der Waals surface area contributed by atoms with E-state index in [0.29, 0.717) is 10.5 Å². The largest absolute Gasteiger partial charge is 0.393 e. The van der Waals surface area contributed by atoms with Crippen LogP contribution < -0.4 is 0 Å². The Labute approximate surface area is 146 Å². The first kappa shape index (κ1) is 17.2. The minimum atomic E-state index is -0.0292. The van der Waals surface area contributed by atoms with Crippen LogP contribution in [0.1, 0.15) is 44.9 Å². The molecule has 0 aromatic carbocycles. The summed E-state index contributed by atoms with van der Waals surface area (Å²) in [7, 11) is 0. The van der Waals surface area contributed by atoms with Gasteiger partial charge in [-0.15, -0.1) is 47.0 Å². The Morgan fingerprint density at radius 1 is 0.810 bits per heavy atom. The van der Waals surface area contributed by atoms with Gasteiger partial charge in [0.2, 0.25) is 0 Å². The van der Waals surface area contributed by atoms with Crippen LogP contribution >= 0.6 is 47.0 Å². The average Bonchev–Trinajstić information content (AvgIpc) is 2.55. The van der Waals surface area contributed by atoms with Gasteiger partial charge in [-0.25, -0.2) is 0 Å². The Balaban J connectivity index is 1.40. The summed E-state index contributed by atoms with van der Waals surface area (Å²) in [4.78, 5) is 0. The third kappa shape index (κ3) is 5.17. The predicted octanol–water partition coefficient (Wildman–Crippen LogP) is 4.94. The summed E-state index contributed by atoms with van der Waals surface area (Å²) in [6.07, 6.45) is 9.13. The highest BCUT2D eigenvalue weighted by atomic mass is 32.2. The SMILES string of the molecule is OC1CC(CCC2SCCCS2)CCC1C1SCCCS1. The van der Waals surface area contributed by atoms with E-state index in [1.165, 1.54) is 61.5 Å². The van der Waals surface area contributed by atoms with E-state index in [1.807, 2.05) is 0 Å². The van der Waals surface area contributed by atoms with E-state index in [0.717, 1.165) is 16.9 Å². The molecule has 1 saturated carbocycles. The van der Waals surface area contributed by atoms with Crippen molar-refractivity contribution in [1.82, 2.24) is 0 Å². The molecule has 0 amide bonds. The van der Waals surface area contributed by atoms with Gasteiger partial charge in [-0.3, -0.25) is 0 Å². The number of thioether (sulfide) groups is 4. The van der Waals surface area contributed by atoms with Gasteiger partial charge in [-0.05, 0) is 73.9 Å². The zero-order valence-corrected chi connectivity index (χ0v) is 16.0. The van der Waals surface area contributed by atoms with Gasteiger partial charge in [-0.2, -0.15) is 0 Å². The molecule has 5 heteroatoms. The molecule has 2 saturated heterocycles. The van der Waals surface area contributed by atoms with Gasteiger partial charge in [-0.1, -0.05) is 0 Å². The molecule has 0 radical (unpaired) electrons. The molecule has 2 heterocycles. The van der Waals surface area contributed by atoms with Crippen LogP contribution in [-0.4, -0.2) is 43.4 Å². The molecule has 3 aliphatic rings. The van der Waals surface area contributed by atoms with Crippen LogP contribution in [0.2, 0.25) is 0 Å². The molecular weight excluding hydrogens is 336 g/mol. The normalized spacial score (nSPS) is 36.7. The highest BCUT2D eigenvalue weighted by Gasteiger charge is 2.35. The van der Waals surface area contributed by atoms with Crippen LogP contribution in [0.3, 0.4) is 0 Å². The molecule has 3 fully saturated rings. The fourth-order valence-corrected chi connectivity index (χ4v) is 9.92. The standard InChI is InChI=1S/C16H28OS4/c17-14-11-12(4-6-15-18-7-1-8-19-15)3-5-13(14)16-20-9-2-10-21-16/h12-17H,1-11H2. The molecule has 122 valence electrons. The quantitative estimate of drug-likeness (QED) is 0.760. The van der Waals surface area contributed by atoms with Gasteiger partial charge in [0, 0.05) is 5.92 Å². The van der Waals surface area contributed by atoms with Crippen molar-refractivity contribution in [2.75, 3.05) is 23.0 Å². The maximum absolute atomic E-state index is 10.6. The summed E-state index contributed by atoms with van der Waals surface area (Å²) in [5.41, 5.74) is 0. The van der Waals surface area contributed by atoms with E-state index >= 15 is 0 Å². The predicted molar refractivity (Wildman–Crippen MR) is 103 cm³/mol. The summed E-state index contributed by atoms with van der Waals surface area (Å²) in [5, 5.41) is 10.6. The third-order valence-corrected chi connectivity index (χ3v) is 11.2. The Morgan fingerprint density at radius 3 is 2.14 bits per heavy atom. The van der Waals surface area contributed by atoms with Crippen molar-refractivity contribution in [3.05, 3.63) is 0 Å². The number of hydrogen-bond donors (Lipinski definition) is 1. The van der Waals surface area contributed by atoms with Crippen LogP contribution in [-0.2, 0) is 0 Å². The first-order chi connectivity index (χ1) is 10.3. The highest BCUT2D eigenvalue weighted by molar-refractivity contribution is 8.17. The van der Waals surface area contributed by atoms with Crippen molar-refractivity contribution < 1.29 is 5.11 Å². The number of rotatable bonds is 4. The first-order valence-corrected chi connectivity index (χ1v) is 12.7. The van der Waals surface area contributed by atoms with Crippen molar-refractivity contribution in [2.24, 2.45) is 11.8 Å². The number of aliphatic hydroxyl groups excluding tert-OH is 1. The molecule has 0 aromatic rings. The molecule has 1 aliphatic carbocycles. The van der Waals surface area contributed by atoms with Crippen molar-refractivity contribution in [2.45, 2.75) is 60.2 Å². The molecule has 1 nitrogen and oxygen atoms in total. The maximum atomic E-state index is 10.6. The highest BCUT2D eigenvalue weighted by Crippen LogP contribution is 2.44. The lowest BCUT2D eigenvalue weighted by atomic mass is 9.79. The Kier molecular flexibility index (Phi) is 7.37. The van der Waals surface area contributed by atoms with E-state index in [-0.39, 0.29) is 6.10 Å². The maximum Gasteiger partial charge on any atom is 0.0589 e. The Morgan fingerprint density at radius 2 is 1.48 bits per heavy atom. The average molecular weight is 365 g/mol. The summed E-state index contributed by atoms with van der Waals surface area (Å²) < 4.78 is 1.53. The van der Waals surface area contributed by atoms with Crippen molar-refractivity contribution in [3.8, 4) is 0 Å². The van der Waals surface area contributed by atoms with Gasteiger partial charge >= 0.3 is 0 Å². The van der Waals surface area contributed by atoms with Crippen LogP contribution in [0.25, 0.3) is 0 Å². The number of aliphatic hydroxyl groups is 1. The zero-order chi connectivity index (χ0) is 14.5. The van der Waals surface area contributed by atoms with E-state index in [1.54, 1.807) is 0 Å². The molecule has 3 unspecified atom stereocenters. The first-order valence-electron chi connectivity index (χ1n) is 8.47. The molecule has 0 bridgehead atoms. The lowest BCUT2D eigenvalue weighted by molar-refractivity contribution is 0.0498. The smallest absolute Gasteiger partial charge is 0.0589 e. The molecule has 1 N–H and O–H groups in total. The lowest BCUT2D eigenvalue weighted by Crippen LogP contribution is -2.36. The molecule has 21 heavy (non-hydrogen) atoms. The zero-order valence-electron chi connectivity index (χ0n) is 12.7. The van der Waals surface area contributed by atoms with Crippen LogP contribution in [0, 0.1) is 11.8 Å². The summed E-state index contributed by atoms with van der Waals surface area (Å²) in [5.74, 6) is 6.70. The third-order valence-electron chi connectivity index (χ3n) is 4.89. The lowest BCUT2D eigenvalue weighted by Gasteiger charge is -2.39. The minimum Gasteiger partial charge on any atom is -0.393 e. The molecule has 2 aliphatic heterocycles. The van der Waals surface area contributed by atoms with Crippen LogP contribution in [0.15, 0.2) is 0 Å². The minimum absolute atomic E-state index is 0.0292. The molecule has 3 atom stereocenters. The Hall–Kier alpha value is 1.36. The van der Waals surface area contributed by atoms with Gasteiger partial charge < -0.3 is 5.11 Å². The Bertz CT molecular complexity index is 303. The topological polar surface area (TPSA) is 20.2 Å².